The first-order valence-corrected chi connectivity index (χ1v) is 8.03. The molecule has 118 valence electrons. The van der Waals surface area contributed by atoms with Crippen molar-refractivity contribution >= 4 is 29.0 Å². The fraction of sp³-hybridized carbons (Fsp3) is 0.471. The summed E-state index contributed by atoms with van der Waals surface area (Å²) < 4.78 is 0. The lowest BCUT2D eigenvalue weighted by Gasteiger charge is -2.27. The summed E-state index contributed by atoms with van der Waals surface area (Å²) in [6.45, 7) is 2.67. The Labute approximate surface area is 136 Å². The minimum absolute atomic E-state index is 0.0302. The number of rotatable bonds is 6. The molecular weight excluding hydrogens is 298 g/mol. The maximum absolute atomic E-state index is 12.1. The fourth-order valence-corrected chi connectivity index (χ4v) is 3.15. The van der Waals surface area contributed by atoms with Gasteiger partial charge in [0.05, 0.1) is 4.99 Å². The van der Waals surface area contributed by atoms with Crippen molar-refractivity contribution in [2.45, 2.75) is 38.6 Å². The van der Waals surface area contributed by atoms with Gasteiger partial charge in [0, 0.05) is 24.4 Å². The van der Waals surface area contributed by atoms with E-state index in [0.717, 1.165) is 6.42 Å². The molecule has 1 aliphatic rings. The number of aliphatic carboxylic acids is 1. The zero-order chi connectivity index (χ0) is 16.1. The number of ketones is 1. The first kappa shape index (κ1) is 16.6. The predicted molar refractivity (Wildman–Crippen MR) is 89.1 cm³/mol. The highest BCUT2D eigenvalue weighted by Crippen LogP contribution is 2.23. The van der Waals surface area contributed by atoms with Crippen molar-refractivity contribution in [3.63, 3.8) is 0 Å². The number of carboxylic acids is 1. The Morgan fingerprint density at radius 2 is 2.05 bits per heavy atom. The second-order valence-corrected chi connectivity index (χ2v) is 6.18. The number of benzene rings is 1. The Balaban J connectivity index is 1.89. The highest BCUT2D eigenvalue weighted by Gasteiger charge is 2.33. The number of hydrogen-bond acceptors (Lipinski definition) is 3. The number of carbonyl (C=O) groups is 2. The van der Waals surface area contributed by atoms with E-state index in [-0.39, 0.29) is 11.7 Å². The third-order valence-corrected chi connectivity index (χ3v) is 4.78. The van der Waals surface area contributed by atoms with Gasteiger partial charge in [-0.15, -0.1) is 0 Å². The molecule has 1 saturated heterocycles. The molecule has 0 amide bonds. The van der Waals surface area contributed by atoms with Gasteiger partial charge < -0.3 is 10.0 Å². The molecule has 1 aromatic rings. The summed E-state index contributed by atoms with van der Waals surface area (Å²) in [5.74, 6) is -0.679. The van der Waals surface area contributed by atoms with Crippen LogP contribution in [-0.4, -0.2) is 39.3 Å². The number of nitrogens with zero attached hydrogens (tertiary/aromatic N) is 1. The Morgan fingerprint density at radius 1 is 1.36 bits per heavy atom. The van der Waals surface area contributed by atoms with Gasteiger partial charge in [0.2, 0.25) is 0 Å². The monoisotopic (exact) mass is 319 g/mol. The van der Waals surface area contributed by atoms with Crippen molar-refractivity contribution in [2.24, 2.45) is 5.92 Å². The molecule has 0 radical (unpaired) electrons. The predicted octanol–water partition coefficient (Wildman–Crippen LogP) is 3.16. The van der Waals surface area contributed by atoms with Crippen LogP contribution in [0.2, 0.25) is 0 Å². The first-order chi connectivity index (χ1) is 10.5. The molecule has 1 aromatic carbocycles. The molecule has 0 aliphatic carbocycles. The van der Waals surface area contributed by atoms with Gasteiger partial charge in [0.1, 0.15) is 6.04 Å². The highest BCUT2D eigenvalue weighted by atomic mass is 32.1. The SMILES string of the molecule is CC(CCC(=O)c1ccccc1)C(=S)N1CCC[C@H]1C(=O)O. The number of carboxylic acid groups (broad SMARTS) is 1. The largest absolute Gasteiger partial charge is 0.480 e. The van der Waals surface area contributed by atoms with Gasteiger partial charge in [0.15, 0.2) is 5.78 Å². The van der Waals surface area contributed by atoms with Crippen LogP contribution in [0.1, 0.15) is 43.0 Å². The van der Waals surface area contributed by atoms with E-state index in [1.807, 2.05) is 42.2 Å². The molecule has 2 atom stereocenters. The molecule has 0 spiro atoms. The Morgan fingerprint density at radius 3 is 2.68 bits per heavy atom. The van der Waals surface area contributed by atoms with E-state index < -0.39 is 12.0 Å². The van der Waals surface area contributed by atoms with Crippen LogP contribution in [0.15, 0.2) is 30.3 Å². The Kier molecular flexibility index (Phi) is 5.66. The first-order valence-electron chi connectivity index (χ1n) is 7.62. The van der Waals surface area contributed by atoms with Crippen LogP contribution in [0, 0.1) is 5.92 Å². The number of hydrogen-bond donors (Lipinski definition) is 1. The van der Waals surface area contributed by atoms with Gasteiger partial charge in [-0.2, -0.15) is 0 Å². The lowest BCUT2D eigenvalue weighted by atomic mass is 9.99. The molecule has 0 aromatic heterocycles. The Bertz CT molecular complexity index is 558. The maximum atomic E-state index is 12.1. The minimum Gasteiger partial charge on any atom is -0.480 e. The molecular formula is C17H21NO3S. The second-order valence-electron chi connectivity index (χ2n) is 5.76. The zero-order valence-corrected chi connectivity index (χ0v) is 13.5. The van der Waals surface area contributed by atoms with E-state index >= 15 is 0 Å². The van der Waals surface area contributed by atoms with E-state index in [4.69, 9.17) is 12.2 Å². The van der Waals surface area contributed by atoms with Crippen LogP contribution in [0.25, 0.3) is 0 Å². The molecule has 0 bridgehead atoms. The molecule has 1 N–H and O–H groups in total. The third kappa shape index (κ3) is 3.91. The van der Waals surface area contributed by atoms with Gasteiger partial charge in [-0.05, 0) is 19.3 Å². The molecule has 1 fully saturated rings. The smallest absolute Gasteiger partial charge is 0.326 e. The van der Waals surface area contributed by atoms with E-state index in [1.165, 1.54) is 0 Å². The van der Waals surface area contributed by atoms with Crippen LogP contribution < -0.4 is 0 Å². The van der Waals surface area contributed by atoms with Gasteiger partial charge in [-0.3, -0.25) is 4.79 Å². The summed E-state index contributed by atoms with van der Waals surface area (Å²) in [6.07, 6.45) is 2.57. The molecule has 2 rings (SSSR count). The van der Waals surface area contributed by atoms with Crippen LogP contribution in [0.3, 0.4) is 0 Å². The average Bonchev–Trinajstić information content (AvgIpc) is 3.02. The topological polar surface area (TPSA) is 57.6 Å². The molecule has 1 unspecified atom stereocenters. The molecule has 5 heteroatoms. The van der Waals surface area contributed by atoms with Crippen LogP contribution >= 0.6 is 12.2 Å². The number of Topliss-reactive ketones (excluding diaryl/α,β-unsaturated/α-hetero) is 1. The summed E-state index contributed by atoms with van der Waals surface area (Å²) >= 11 is 5.45. The fourth-order valence-electron chi connectivity index (χ4n) is 2.81. The zero-order valence-electron chi connectivity index (χ0n) is 12.7. The normalized spacial score (nSPS) is 19.0. The summed E-state index contributed by atoms with van der Waals surface area (Å²) in [4.78, 5) is 25.8. The average molecular weight is 319 g/mol. The van der Waals surface area contributed by atoms with Gasteiger partial charge >= 0.3 is 5.97 Å². The molecule has 22 heavy (non-hydrogen) atoms. The molecule has 1 aliphatic heterocycles. The van der Waals surface area contributed by atoms with E-state index in [2.05, 4.69) is 0 Å². The number of carbonyl (C=O) groups excluding carboxylic acids is 1. The van der Waals surface area contributed by atoms with Crippen molar-refractivity contribution < 1.29 is 14.7 Å². The summed E-state index contributed by atoms with van der Waals surface area (Å²) in [6, 6.07) is 8.71. The quantitative estimate of drug-likeness (QED) is 0.645. The summed E-state index contributed by atoms with van der Waals surface area (Å²) in [5.41, 5.74) is 0.713. The van der Waals surface area contributed by atoms with Gasteiger partial charge in [-0.25, -0.2) is 4.79 Å². The van der Waals surface area contributed by atoms with Crippen LogP contribution in [-0.2, 0) is 4.79 Å². The summed E-state index contributed by atoms with van der Waals surface area (Å²) in [5, 5.41) is 9.23. The van der Waals surface area contributed by atoms with Gasteiger partial charge in [-0.1, -0.05) is 49.5 Å². The maximum Gasteiger partial charge on any atom is 0.326 e. The molecule has 0 saturated carbocycles. The van der Waals surface area contributed by atoms with Crippen molar-refractivity contribution in [3.05, 3.63) is 35.9 Å². The third-order valence-electron chi connectivity index (χ3n) is 4.14. The van der Waals surface area contributed by atoms with Crippen molar-refractivity contribution in [1.29, 1.82) is 0 Å². The summed E-state index contributed by atoms with van der Waals surface area (Å²) in [7, 11) is 0. The minimum atomic E-state index is -0.813. The van der Waals surface area contributed by atoms with Crippen molar-refractivity contribution in [1.82, 2.24) is 4.90 Å². The second kappa shape index (κ2) is 7.49. The molecule has 1 heterocycles. The standard InChI is InChI=1S/C17H21NO3S/c1-12(9-10-15(19)13-6-3-2-4-7-13)16(22)18-11-5-8-14(18)17(20)21/h2-4,6-7,12,14H,5,8-11H2,1H3,(H,20,21)/t12?,14-/m0/s1. The Hall–Kier alpha value is -1.75. The van der Waals surface area contributed by atoms with Crippen LogP contribution in [0.5, 0.6) is 0 Å². The highest BCUT2D eigenvalue weighted by molar-refractivity contribution is 7.80. The van der Waals surface area contributed by atoms with E-state index in [0.29, 0.717) is 36.4 Å². The number of likely N-dealkylation sites (tertiary alicyclic amines) is 1. The van der Waals surface area contributed by atoms with Crippen molar-refractivity contribution in [2.75, 3.05) is 6.54 Å². The lowest BCUT2D eigenvalue weighted by molar-refractivity contribution is -0.140. The van der Waals surface area contributed by atoms with Crippen molar-refractivity contribution in [3.8, 4) is 0 Å². The molecule has 4 nitrogen and oxygen atoms in total. The van der Waals surface area contributed by atoms with E-state index in [1.54, 1.807) is 0 Å². The van der Waals surface area contributed by atoms with Gasteiger partial charge in [0.25, 0.3) is 0 Å². The van der Waals surface area contributed by atoms with E-state index in [9.17, 15) is 14.7 Å². The number of thiocarbonyl (C=S) groups is 1. The lowest BCUT2D eigenvalue weighted by Crippen LogP contribution is -2.42. The van der Waals surface area contributed by atoms with Crippen LogP contribution in [0.4, 0.5) is 0 Å².